The molecule has 0 bridgehead atoms. The van der Waals surface area contributed by atoms with Gasteiger partial charge in [-0.25, -0.2) is 4.98 Å². The van der Waals surface area contributed by atoms with Crippen molar-refractivity contribution in [1.29, 1.82) is 0 Å². The van der Waals surface area contributed by atoms with Crippen LogP contribution in [0.25, 0.3) is 0 Å². The fraction of sp³-hybridized carbons (Fsp3) is 0.231. The van der Waals surface area contributed by atoms with Crippen LogP contribution in [-0.2, 0) is 6.61 Å². The van der Waals surface area contributed by atoms with Crippen LogP contribution < -0.4 is 10.1 Å². The molecule has 21 heavy (non-hydrogen) atoms. The molecule has 1 heterocycles. The maximum Gasteiger partial charge on any atom is 0.352 e. The Hall–Kier alpha value is -2.41. The van der Waals surface area contributed by atoms with E-state index in [0.29, 0.717) is 5.02 Å². The van der Waals surface area contributed by atoms with Gasteiger partial charge in [0.25, 0.3) is 5.88 Å². The van der Waals surface area contributed by atoms with Crippen molar-refractivity contribution in [1.82, 2.24) is 9.97 Å². The molecule has 2 aromatic rings. The molecule has 0 radical (unpaired) electrons. The molecule has 2 rings (SSSR count). The van der Waals surface area contributed by atoms with Gasteiger partial charge in [-0.2, -0.15) is 4.98 Å². The number of nitrogens with one attached hydrogen (secondary N) is 1. The van der Waals surface area contributed by atoms with Crippen molar-refractivity contribution < 1.29 is 9.66 Å². The van der Waals surface area contributed by atoms with E-state index in [-0.39, 0.29) is 29.8 Å². The number of anilines is 1. The molecule has 0 aliphatic rings. The van der Waals surface area contributed by atoms with Crippen molar-refractivity contribution in [2.75, 3.05) is 12.4 Å². The molecule has 0 saturated heterocycles. The summed E-state index contributed by atoms with van der Waals surface area (Å²) in [4.78, 5) is 18.5. The van der Waals surface area contributed by atoms with Crippen molar-refractivity contribution in [3.05, 3.63) is 50.7 Å². The Labute approximate surface area is 126 Å². The van der Waals surface area contributed by atoms with E-state index in [0.717, 1.165) is 5.56 Å². The number of hydrogen-bond acceptors (Lipinski definition) is 6. The third-order valence-electron chi connectivity index (χ3n) is 2.72. The van der Waals surface area contributed by atoms with Gasteiger partial charge in [-0.05, 0) is 24.6 Å². The number of aromatic nitrogens is 2. The van der Waals surface area contributed by atoms with Crippen LogP contribution in [0.2, 0.25) is 5.02 Å². The first-order valence-electron chi connectivity index (χ1n) is 6.09. The molecule has 0 fully saturated rings. The molecular weight excluding hydrogens is 296 g/mol. The summed E-state index contributed by atoms with van der Waals surface area (Å²) in [6, 6.07) is 7.00. The van der Waals surface area contributed by atoms with Crippen LogP contribution in [0, 0.1) is 17.0 Å². The van der Waals surface area contributed by atoms with Gasteiger partial charge in [0, 0.05) is 12.1 Å². The van der Waals surface area contributed by atoms with E-state index in [1.807, 2.05) is 0 Å². The number of rotatable bonds is 5. The number of benzene rings is 1. The second-order valence-electron chi connectivity index (χ2n) is 4.21. The summed E-state index contributed by atoms with van der Waals surface area (Å²) in [5.41, 5.74) is 0.837. The first-order chi connectivity index (χ1) is 10.0. The lowest BCUT2D eigenvalue weighted by molar-refractivity contribution is -0.387. The van der Waals surface area contributed by atoms with Crippen LogP contribution in [0.15, 0.2) is 24.3 Å². The van der Waals surface area contributed by atoms with Crippen LogP contribution in [0.3, 0.4) is 0 Å². The predicted molar refractivity (Wildman–Crippen MR) is 78.8 cm³/mol. The lowest BCUT2D eigenvalue weighted by Gasteiger charge is -2.09. The summed E-state index contributed by atoms with van der Waals surface area (Å²) in [5, 5.41) is 14.5. The summed E-state index contributed by atoms with van der Waals surface area (Å²) < 4.78 is 5.47. The lowest BCUT2D eigenvalue weighted by atomic mass is 10.2. The highest BCUT2D eigenvalue weighted by molar-refractivity contribution is 6.30. The van der Waals surface area contributed by atoms with Gasteiger partial charge in [0.05, 0.1) is 4.92 Å². The second-order valence-corrected chi connectivity index (χ2v) is 4.65. The number of ether oxygens (including phenoxy) is 1. The molecule has 0 amide bonds. The maximum atomic E-state index is 11.1. The molecular formula is C13H13ClN4O3. The Morgan fingerprint density at radius 1 is 1.33 bits per heavy atom. The zero-order valence-electron chi connectivity index (χ0n) is 11.5. The highest BCUT2D eigenvalue weighted by atomic mass is 35.5. The molecule has 0 saturated carbocycles. The Kier molecular flexibility index (Phi) is 4.54. The molecule has 0 aliphatic heterocycles. The van der Waals surface area contributed by atoms with Crippen molar-refractivity contribution in [3.63, 3.8) is 0 Å². The monoisotopic (exact) mass is 308 g/mol. The average Bonchev–Trinajstić information content (AvgIpc) is 2.45. The molecule has 0 aliphatic carbocycles. The SMILES string of the molecule is CNc1nc(C)c([N+](=O)[O-])c(OCc2ccc(Cl)cc2)n1. The van der Waals surface area contributed by atoms with Gasteiger partial charge >= 0.3 is 5.69 Å². The number of aryl methyl sites for hydroxylation is 1. The summed E-state index contributed by atoms with van der Waals surface area (Å²) >= 11 is 5.80. The minimum Gasteiger partial charge on any atom is -0.468 e. The van der Waals surface area contributed by atoms with Crippen molar-refractivity contribution >= 4 is 23.2 Å². The highest BCUT2D eigenvalue weighted by Gasteiger charge is 2.23. The smallest absolute Gasteiger partial charge is 0.352 e. The normalized spacial score (nSPS) is 10.2. The van der Waals surface area contributed by atoms with E-state index in [1.165, 1.54) is 6.92 Å². The van der Waals surface area contributed by atoms with E-state index in [9.17, 15) is 10.1 Å². The molecule has 0 unspecified atom stereocenters. The molecule has 1 aromatic heterocycles. The van der Waals surface area contributed by atoms with Crippen molar-refractivity contribution in [3.8, 4) is 5.88 Å². The standard InChI is InChI=1S/C13H13ClN4O3/c1-8-11(18(19)20)12(17-13(15-2)16-8)21-7-9-3-5-10(14)6-4-9/h3-6H,7H2,1-2H3,(H,15,16,17). The number of hydrogen-bond donors (Lipinski definition) is 1. The Morgan fingerprint density at radius 2 is 2.00 bits per heavy atom. The van der Waals surface area contributed by atoms with Gasteiger partial charge in [-0.15, -0.1) is 0 Å². The van der Waals surface area contributed by atoms with E-state index in [1.54, 1.807) is 31.3 Å². The summed E-state index contributed by atoms with van der Waals surface area (Å²) in [6.45, 7) is 1.69. The molecule has 7 nitrogen and oxygen atoms in total. The summed E-state index contributed by atoms with van der Waals surface area (Å²) in [7, 11) is 1.63. The van der Waals surface area contributed by atoms with Crippen LogP contribution in [0.4, 0.5) is 11.6 Å². The fourth-order valence-corrected chi connectivity index (χ4v) is 1.82. The van der Waals surface area contributed by atoms with Crippen molar-refractivity contribution in [2.45, 2.75) is 13.5 Å². The van der Waals surface area contributed by atoms with E-state index in [4.69, 9.17) is 16.3 Å². The molecule has 8 heteroatoms. The van der Waals surface area contributed by atoms with Gasteiger partial charge in [-0.1, -0.05) is 23.7 Å². The Bertz CT molecular complexity index is 661. The van der Waals surface area contributed by atoms with E-state index >= 15 is 0 Å². The molecule has 0 atom stereocenters. The molecule has 1 N–H and O–H groups in total. The molecule has 0 spiro atoms. The molecule has 1 aromatic carbocycles. The fourth-order valence-electron chi connectivity index (χ4n) is 1.70. The van der Waals surface area contributed by atoms with Crippen LogP contribution in [-0.4, -0.2) is 21.9 Å². The largest absolute Gasteiger partial charge is 0.468 e. The summed E-state index contributed by atoms with van der Waals surface area (Å²) in [5.74, 6) is 0.205. The number of halogens is 1. The number of nitrogens with zero attached hydrogens (tertiary/aromatic N) is 3. The zero-order valence-corrected chi connectivity index (χ0v) is 12.2. The van der Waals surface area contributed by atoms with Gasteiger partial charge in [0.15, 0.2) is 0 Å². The van der Waals surface area contributed by atoms with E-state index in [2.05, 4.69) is 15.3 Å². The third-order valence-corrected chi connectivity index (χ3v) is 2.97. The Balaban J connectivity index is 2.27. The van der Waals surface area contributed by atoms with Gasteiger partial charge < -0.3 is 10.1 Å². The number of nitro groups is 1. The van der Waals surface area contributed by atoms with Gasteiger partial charge in [0.1, 0.15) is 12.3 Å². The predicted octanol–water partition coefficient (Wildman–Crippen LogP) is 2.97. The van der Waals surface area contributed by atoms with Crippen molar-refractivity contribution in [2.24, 2.45) is 0 Å². The Morgan fingerprint density at radius 3 is 2.57 bits per heavy atom. The van der Waals surface area contributed by atoms with Crippen LogP contribution in [0.1, 0.15) is 11.3 Å². The minimum absolute atomic E-state index is 0.0631. The maximum absolute atomic E-state index is 11.1. The second kappa shape index (κ2) is 6.36. The quantitative estimate of drug-likeness (QED) is 0.674. The molecule has 110 valence electrons. The van der Waals surface area contributed by atoms with Gasteiger partial charge in [-0.3, -0.25) is 10.1 Å². The zero-order chi connectivity index (χ0) is 15.4. The summed E-state index contributed by atoms with van der Waals surface area (Å²) in [6.07, 6.45) is 0. The topological polar surface area (TPSA) is 90.2 Å². The third kappa shape index (κ3) is 3.57. The average molecular weight is 309 g/mol. The van der Waals surface area contributed by atoms with Crippen LogP contribution >= 0.6 is 11.6 Å². The highest BCUT2D eigenvalue weighted by Crippen LogP contribution is 2.29. The van der Waals surface area contributed by atoms with E-state index < -0.39 is 4.92 Å². The minimum atomic E-state index is -0.550. The first-order valence-corrected chi connectivity index (χ1v) is 6.47. The first kappa shape index (κ1) is 15.0. The van der Waals surface area contributed by atoms with Crippen LogP contribution in [0.5, 0.6) is 5.88 Å². The van der Waals surface area contributed by atoms with Gasteiger partial charge in [0.2, 0.25) is 5.95 Å². The lowest BCUT2D eigenvalue weighted by Crippen LogP contribution is -2.07.